The van der Waals surface area contributed by atoms with Gasteiger partial charge in [0, 0.05) is 11.8 Å². The first-order chi connectivity index (χ1) is 13.3. The van der Waals surface area contributed by atoms with Crippen LogP contribution in [0.1, 0.15) is 11.1 Å². The average molecular weight is 354 g/mol. The molecule has 1 amide bonds. The highest BCUT2D eigenvalue weighted by Gasteiger charge is 2.30. The van der Waals surface area contributed by atoms with Crippen molar-refractivity contribution in [1.29, 1.82) is 0 Å². The topological polar surface area (TPSA) is 42.4 Å². The number of aromatic nitrogens is 1. The molecule has 3 aromatic rings. The molecule has 0 bridgehead atoms. The van der Waals surface area contributed by atoms with Crippen LogP contribution in [0.5, 0.6) is 5.75 Å². The number of carbonyl (C=O) groups excluding carboxylic acids is 1. The van der Waals surface area contributed by atoms with Crippen LogP contribution in [0.4, 0.5) is 5.69 Å². The quantitative estimate of drug-likeness (QED) is 0.645. The lowest BCUT2D eigenvalue weighted by molar-refractivity contribution is -0.113. The zero-order valence-corrected chi connectivity index (χ0v) is 14.9. The van der Waals surface area contributed by atoms with Gasteiger partial charge in [-0.1, -0.05) is 42.5 Å². The van der Waals surface area contributed by atoms with E-state index in [1.54, 1.807) is 24.4 Å². The third kappa shape index (κ3) is 3.37. The van der Waals surface area contributed by atoms with Gasteiger partial charge in [0.1, 0.15) is 5.75 Å². The van der Waals surface area contributed by atoms with E-state index >= 15 is 0 Å². The van der Waals surface area contributed by atoms with Crippen molar-refractivity contribution in [3.8, 4) is 5.75 Å². The summed E-state index contributed by atoms with van der Waals surface area (Å²) in [6.07, 6.45) is 7.21. The molecule has 0 saturated carbocycles. The largest absolute Gasteiger partial charge is 0.497 e. The van der Waals surface area contributed by atoms with Gasteiger partial charge in [-0.2, -0.15) is 0 Å². The predicted molar refractivity (Wildman–Crippen MR) is 107 cm³/mol. The fourth-order valence-electron chi connectivity index (χ4n) is 3.06. The van der Waals surface area contributed by atoms with Gasteiger partial charge in [0.25, 0.3) is 5.91 Å². The minimum Gasteiger partial charge on any atom is -0.497 e. The Morgan fingerprint density at radius 1 is 0.963 bits per heavy atom. The van der Waals surface area contributed by atoms with Crippen molar-refractivity contribution < 1.29 is 9.53 Å². The third-order valence-corrected chi connectivity index (χ3v) is 4.39. The van der Waals surface area contributed by atoms with Gasteiger partial charge in [-0.25, -0.2) is 0 Å². The first-order valence-electron chi connectivity index (χ1n) is 8.63. The van der Waals surface area contributed by atoms with Crippen LogP contribution in [0.25, 0.3) is 11.8 Å². The SMILES string of the molecule is COc1ccc(/C=C2\C=C(c3ccccc3)N(c3cccnc3)C2=O)cc1. The van der Waals surface area contributed by atoms with Crippen LogP contribution in [-0.4, -0.2) is 18.0 Å². The Bertz CT molecular complexity index is 1010. The summed E-state index contributed by atoms with van der Waals surface area (Å²) in [5.41, 5.74) is 4.13. The van der Waals surface area contributed by atoms with Gasteiger partial charge < -0.3 is 4.74 Å². The lowest BCUT2D eigenvalue weighted by atomic mass is 10.1. The second kappa shape index (κ2) is 7.30. The molecule has 0 atom stereocenters. The van der Waals surface area contributed by atoms with Gasteiger partial charge in [-0.15, -0.1) is 0 Å². The van der Waals surface area contributed by atoms with Crippen LogP contribution >= 0.6 is 0 Å². The maximum atomic E-state index is 13.2. The third-order valence-electron chi connectivity index (χ3n) is 4.39. The Kier molecular flexibility index (Phi) is 4.54. The van der Waals surface area contributed by atoms with Crippen molar-refractivity contribution >= 4 is 23.4 Å². The van der Waals surface area contributed by atoms with Crippen LogP contribution < -0.4 is 9.64 Å². The van der Waals surface area contributed by atoms with Crippen molar-refractivity contribution in [3.63, 3.8) is 0 Å². The lowest BCUT2D eigenvalue weighted by Gasteiger charge is -2.20. The average Bonchev–Trinajstić information content (AvgIpc) is 3.06. The molecule has 0 saturated heterocycles. The second-order valence-electron chi connectivity index (χ2n) is 6.12. The van der Waals surface area contributed by atoms with Crippen LogP contribution in [0.15, 0.2) is 90.8 Å². The molecule has 1 aromatic heterocycles. The Morgan fingerprint density at radius 2 is 1.74 bits per heavy atom. The molecule has 0 fully saturated rings. The molecule has 0 N–H and O–H groups in total. The lowest BCUT2D eigenvalue weighted by Crippen LogP contribution is -2.25. The number of carbonyl (C=O) groups is 1. The zero-order valence-electron chi connectivity index (χ0n) is 14.9. The van der Waals surface area contributed by atoms with Crippen LogP contribution in [0.3, 0.4) is 0 Å². The molecule has 4 heteroatoms. The summed E-state index contributed by atoms with van der Waals surface area (Å²) in [6.45, 7) is 0. The number of anilines is 1. The van der Waals surface area contributed by atoms with Crippen molar-refractivity contribution in [1.82, 2.24) is 4.98 Å². The Morgan fingerprint density at radius 3 is 2.41 bits per heavy atom. The highest BCUT2D eigenvalue weighted by Crippen LogP contribution is 2.34. The van der Waals surface area contributed by atoms with Crippen LogP contribution in [0, 0.1) is 0 Å². The number of hydrogen-bond acceptors (Lipinski definition) is 3. The first kappa shape index (κ1) is 16.8. The van der Waals surface area contributed by atoms with Gasteiger partial charge in [0.15, 0.2) is 0 Å². The molecule has 0 spiro atoms. The van der Waals surface area contributed by atoms with Crippen molar-refractivity contribution in [2.45, 2.75) is 0 Å². The van der Waals surface area contributed by atoms with Crippen LogP contribution in [0.2, 0.25) is 0 Å². The summed E-state index contributed by atoms with van der Waals surface area (Å²) in [5, 5.41) is 0. The van der Waals surface area contributed by atoms with Crippen molar-refractivity contribution in [3.05, 3.63) is 102 Å². The fraction of sp³-hybridized carbons (Fsp3) is 0.0435. The summed E-state index contributed by atoms with van der Waals surface area (Å²) in [6, 6.07) is 21.2. The second-order valence-corrected chi connectivity index (χ2v) is 6.12. The monoisotopic (exact) mass is 354 g/mol. The molecular weight excluding hydrogens is 336 g/mol. The molecule has 27 heavy (non-hydrogen) atoms. The smallest absolute Gasteiger partial charge is 0.263 e. The number of hydrogen-bond donors (Lipinski definition) is 0. The van der Waals surface area contributed by atoms with Gasteiger partial charge in [-0.3, -0.25) is 14.7 Å². The van der Waals surface area contributed by atoms with E-state index in [4.69, 9.17) is 4.74 Å². The van der Waals surface area contributed by atoms with Gasteiger partial charge >= 0.3 is 0 Å². The molecule has 0 unspecified atom stereocenters. The highest BCUT2D eigenvalue weighted by molar-refractivity contribution is 6.23. The molecule has 4 rings (SSSR count). The van der Waals surface area contributed by atoms with E-state index in [-0.39, 0.29) is 5.91 Å². The summed E-state index contributed by atoms with van der Waals surface area (Å²) in [4.78, 5) is 19.0. The Hall–Kier alpha value is -3.66. The number of pyridine rings is 1. The molecule has 0 radical (unpaired) electrons. The van der Waals surface area contributed by atoms with Crippen molar-refractivity contribution in [2.24, 2.45) is 0 Å². The van der Waals surface area contributed by atoms with E-state index < -0.39 is 0 Å². The van der Waals surface area contributed by atoms with Crippen molar-refractivity contribution in [2.75, 3.05) is 12.0 Å². The maximum Gasteiger partial charge on any atom is 0.263 e. The Balaban J connectivity index is 1.78. The van der Waals surface area contributed by atoms with E-state index in [2.05, 4.69) is 4.98 Å². The standard InChI is InChI=1S/C23H18N2O2/c1-27-21-11-9-17(10-12-21)14-19-15-22(18-6-3-2-4-7-18)25(23(19)26)20-8-5-13-24-16-20/h2-16H,1H3/b19-14+. The van der Waals surface area contributed by atoms with Gasteiger partial charge in [-0.05, 0) is 47.5 Å². The fourth-order valence-corrected chi connectivity index (χ4v) is 3.06. The molecule has 1 aliphatic heterocycles. The number of ether oxygens (including phenoxy) is 1. The molecule has 0 aliphatic carbocycles. The molecular formula is C23H18N2O2. The zero-order chi connectivity index (χ0) is 18.6. The molecule has 132 valence electrons. The van der Waals surface area contributed by atoms with E-state index in [9.17, 15) is 4.79 Å². The van der Waals surface area contributed by atoms with E-state index in [0.29, 0.717) is 5.57 Å². The van der Waals surface area contributed by atoms with E-state index in [1.165, 1.54) is 0 Å². The summed E-state index contributed by atoms with van der Waals surface area (Å²) < 4.78 is 5.20. The number of methoxy groups -OCH3 is 1. The molecule has 2 aromatic carbocycles. The summed E-state index contributed by atoms with van der Waals surface area (Å²) >= 11 is 0. The highest BCUT2D eigenvalue weighted by atomic mass is 16.5. The number of amides is 1. The normalized spacial score (nSPS) is 15.1. The number of benzene rings is 2. The summed E-state index contributed by atoms with van der Waals surface area (Å²) in [7, 11) is 1.63. The van der Waals surface area contributed by atoms with Gasteiger partial charge in [0.05, 0.1) is 24.7 Å². The van der Waals surface area contributed by atoms with Crippen LogP contribution in [-0.2, 0) is 4.79 Å². The maximum absolute atomic E-state index is 13.2. The van der Waals surface area contributed by atoms with Gasteiger partial charge in [0.2, 0.25) is 0 Å². The minimum absolute atomic E-state index is 0.0716. The molecule has 2 heterocycles. The number of rotatable bonds is 4. The Labute approximate surface area is 158 Å². The van der Waals surface area contributed by atoms with E-state index in [0.717, 1.165) is 28.3 Å². The minimum atomic E-state index is -0.0716. The van der Waals surface area contributed by atoms with E-state index in [1.807, 2.05) is 78.9 Å². The predicted octanol–water partition coefficient (Wildman–Crippen LogP) is 4.56. The summed E-state index contributed by atoms with van der Waals surface area (Å²) in [5.74, 6) is 0.713. The number of nitrogens with zero attached hydrogens (tertiary/aromatic N) is 2. The molecule has 1 aliphatic rings. The molecule has 4 nitrogen and oxygen atoms in total. The first-order valence-corrected chi connectivity index (χ1v) is 8.63.